The molecule has 1 nitrogen and oxygen atoms in total. The standard InChI is InChI=1S/C5H10IN/c1-5(6)3-2-4-7/h1-4,7H2. The van der Waals surface area contributed by atoms with Gasteiger partial charge in [-0.05, 0) is 45.6 Å². The molecule has 0 spiro atoms. The van der Waals surface area contributed by atoms with Crippen LogP contribution in [-0.4, -0.2) is 6.54 Å². The van der Waals surface area contributed by atoms with Gasteiger partial charge in [-0.15, -0.1) is 0 Å². The molecule has 0 aromatic carbocycles. The van der Waals surface area contributed by atoms with Crippen molar-refractivity contribution in [3.63, 3.8) is 0 Å². The minimum atomic E-state index is 0.780. The van der Waals surface area contributed by atoms with Crippen molar-refractivity contribution in [1.82, 2.24) is 0 Å². The molecule has 0 aliphatic heterocycles. The summed E-state index contributed by atoms with van der Waals surface area (Å²) in [7, 11) is 0. The highest BCUT2D eigenvalue weighted by molar-refractivity contribution is 14.1. The van der Waals surface area contributed by atoms with Crippen LogP contribution in [0.15, 0.2) is 10.2 Å². The lowest BCUT2D eigenvalue weighted by molar-refractivity contribution is 0.853. The molecule has 42 valence electrons. The van der Waals surface area contributed by atoms with E-state index in [-0.39, 0.29) is 0 Å². The fourth-order valence-corrected chi connectivity index (χ4v) is 0.675. The molecule has 0 saturated carbocycles. The van der Waals surface area contributed by atoms with Gasteiger partial charge in [-0.2, -0.15) is 0 Å². The third-order valence-electron chi connectivity index (χ3n) is 0.652. The first kappa shape index (κ1) is 7.43. The second-order valence-electron chi connectivity index (χ2n) is 1.41. The maximum Gasteiger partial charge on any atom is -0.00740 e. The van der Waals surface area contributed by atoms with E-state index in [2.05, 4.69) is 29.2 Å². The summed E-state index contributed by atoms with van der Waals surface area (Å²) in [4.78, 5) is 0. The molecule has 0 aliphatic carbocycles. The molecule has 0 aliphatic rings. The van der Waals surface area contributed by atoms with Crippen molar-refractivity contribution >= 4 is 22.6 Å². The van der Waals surface area contributed by atoms with Crippen molar-refractivity contribution in [2.75, 3.05) is 6.54 Å². The molecule has 0 saturated heterocycles. The lowest BCUT2D eigenvalue weighted by Crippen LogP contribution is -1.96. The van der Waals surface area contributed by atoms with Crippen molar-refractivity contribution in [3.8, 4) is 0 Å². The van der Waals surface area contributed by atoms with E-state index in [1.54, 1.807) is 0 Å². The Balaban J connectivity index is 2.82. The van der Waals surface area contributed by atoms with Gasteiger partial charge >= 0.3 is 0 Å². The monoisotopic (exact) mass is 211 g/mol. The minimum Gasteiger partial charge on any atom is -0.330 e. The van der Waals surface area contributed by atoms with Crippen molar-refractivity contribution in [2.24, 2.45) is 5.73 Å². The number of nitrogens with two attached hydrogens (primary N) is 1. The zero-order valence-corrected chi connectivity index (χ0v) is 6.44. The number of halogens is 1. The van der Waals surface area contributed by atoms with E-state index in [1.165, 1.54) is 3.58 Å². The summed E-state index contributed by atoms with van der Waals surface area (Å²) in [5.41, 5.74) is 5.23. The lowest BCUT2D eigenvalue weighted by Gasteiger charge is -1.90. The number of hydrogen-bond acceptors (Lipinski definition) is 1. The van der Waals surface area contributed by atoms with Crippen molar-refractivity contribution in [2.45, 2.75) is 12.8 Å². The van der Waals surface area contributed by atoms with Crippen LogP contribution in [0, 0.1) is 0 Å². The summed E-state index contributed by atoms with van der Waals surface area (Å²) < 4.78 is 1.20. The smallest absolute Gasteiger partial charge is 0.00740 e. The van der Waals surface area contributed by atoms with Gasteiger partial charge in [0.05, 0.1) is 0 Å². The van der Waals surface area contributed by atoms with Crippen LogP contribution >= 0.6 is 22.6 Å². The number of rotatable bonds is 3. The third-order valence-corrected chi connectivity index (χ3v) is 1.19. The van der Waals surface area contributed by atoms with Gasteiger partial charge in [-0.1, -0.05) is 6.58 Å². The molecule has 0 fully saturated rings. The first-order valence-electron chi connectivity index (χ1n) is 2.30. The van der Waals surface area contributed by atoms with Crippen LogP contribution in [0.2, 0.25) is 0 Å². The predicted molar refractivity (Wildman–Crippen MR) is 41.4 cm³/mol. The molecule has 0 bridgehead atoms. The maximum atomic E-state index is 5.23. The van der Waals surface area contributed by atoms with Gasteiger partial charge < -0.3 is 5.73 Å². The van der Waals surface area contributed by atoms with E-state index >= 15 is 0 Å². The summed E-state index contributed by atoms with van der Waals surface area (Å²) in [5, 5.41) is 0. The lowest BCUT2D eigenvalue weighted by atomic mass is 10.3. The zero-order valence-electron chi connectivity index (χ0n) is 4.28. The highest BCUT2D eigenvalue weighted by atomic mass is 127. The van der Waals surface area contributed by atoms with E-state index in [4.69, 9.17) is 5.73 Å². The van der Waals surface area contributed by atoms with Gasteiger partial charge in [0.1, 0.15) is 0 Å². The molecule has 0 aromatic rings. The molecule has 0 amide bonds. The van der Waals surface area contributed by atoms with Crippen molar-refractivity contribution < 1.29 is 0 Å². The van der Waals surface area contributed by atoms with Gasteiger partial charge in [0.2, 0.25) is 0 Å². The highest BCUT2D eigenvalue weighted by Gasteiger charge is 1.83. The molecule has 0 rings (SSSR count). The van der Waals surface area contributed by atoms with Gasteiger partial charge in [0.25, 0.3) is 0 Å². The first-order chi connectivity index (χ1) is 3.27. The van der Waals surface area contributed by atoms with Crippen LogP contribution in [-0.2, 0) is 0 Å². The molecule has 0 unspecified atom stereocenters. The Hall–Kier alpha value is 0.430. The Bertz CT molecular complexity index is 61.1. The molecule has 7 heavy (non-hydrogen) atoms. The average molecular weight is 211 g/mol. The van der Waals surface area contributed by atoms with Crippen LogP contribution in [0.5, 0.6) is 0 Å². The molecule has 2 N–H and O–H groups in total. The third kappa shape index (κ3) is 6.43. The molecule has 2 heteroatoms. The van der Waals surface area contributed by atoms with Crippen molar-refractivity contribution in [3.05, 3.63) is 10.2 Å². The van der Waals surface area contributed by atoms with Gasteiger partial charge in [-0.3, -0.25) is 0 Å². The number of allylic oxidation sites excluding steroid dienone is 1. The SMILES string of the molecule is C=C(I)CCCN. The van der Waals surface area contributed by atoms with Gasteiger partial charge in [0.15, 0.2) is 0 Å². The van der Waals surface area contributed by atoms with Crippen LogP contribution in [0.25, 0.3) is 0 Å². The Morgan fingerprint density at radius 2 is 2.29 bits per heavy atom. The van der Waals surface area contributed by atoms with E-state index in [0.717, 1.165) is 19.4 Å². The Labute approximate surface area is 58.1 Å². The average Bonchev–Trinajstić information content (AvgIpc) is 1.61. The van der Waals surface area contributed by atoms with E-state index < -0.39 is 0 Å². The molecule has 0 aromatic heterocycles. The molecule has 0 heterocycles. The second kappa shape index (κ2) is 4.59. The summed E-state index contributed by atoms with van der Waals surface area (Å²) in [6.07, 6.45) is 2.14. The summed E-state index contributed by atoms with van der Waals surface area (Å²) >= 11 is 2.22. The fourth-order valence-electron chi connectivity index (χ4n) is 0.294. The Kier molecular flexibility index (Phi) is 4.87. The molecular weight excluding hydrogens is 201 g/mol. The summed E-state index contributed by atoms with van der Waals surface area (Å²) in [6.45, 7) is 4.50. The predicted octanol–water partition coefficient (Wildman–Crippen LogP) is 1.67. The zero-order chi connectivity index (χ0) is 5.70. The van der Waals surface area contributed by atoms with Crippen molar-refractivity contribution in [1.29, 1.82) is 0 Å². The molecular formula is C5H10IN. The largest absolute Gasteiger partial charge is 0.330 e. The normalized spacial score (nSPS) is 8.86. The van der Waals surface area contributed by atoms with Crippen LogP contribution < -0.4 is 5.73 Å². The Morgan fingerprint density at radius 1 is 1.71 bits per heavy atom. The topological polar surface area (TPSA) is 26.0 Å². The molecule has 0 atom stereocenters. The van der Waals surface area contributed by atoms with Gasteiger partial charge in [-0.25, -0.2) is 0 Å². The maximum absolute atomic E-state index is 5.23. The van der Waals surface area contributed by atoms with Crippen LogP contribution in [0.4, 0.5) is 0 Å². The summed E-state index contributed by atoms with van der Waals surface area (Å²) in [5.74, 6) is 0. The Morgan fingerprint density at radius 3 is 2.43 bits per heavy atom. The minimum absolute atomic E-state index is 0.780. The first-order valence-corrected chi connectivity index (χ1v) is 3.38. The highest BCUT2D eigenvalue weighted by Crippen LogP contribution is 2.08. The second-order valence-corrected chi connectivity index (χ2v) is 2.94. The fraction of sp³-hybridized carbons (Fsp3) is 0.600. The van der Waals surface area contributed by atoms with E-state index in [1.807, 2.05) is 0 Å². The van der Waals surface area contributed by atoms with Crippen LogP contribution in [0.3, 0.4) is 0 Å². The number of hydrogen-bond donors (Lipinski definition) is 1. The van der Waals surface area contributed by atoms with Crippen LogP contribution in [0.1, 0.15) is 12.8 Å². The molecule has 0 radical (unpaired) electrons. The quantitative estimate of drug-likeness (QED) is 0.706. The van der Waals surface area contributed by atoms with Gasteiger partial charge in [0, 0.05) is 0 Å². The van der Waals surface area contributed by atoms with E-state index in [0.29, 0.717) is 0 Å². The van der Waals surface area contributed by atoms with E-state index in [9.17, 15) is 0 Å². The summed E-state index contributed by atoms with van der Waals surface area (Å²) in [6, 6.07) is 0.